The lowest BCUT2D eigenvalue weighted by Gasteiger charge is -2.25. The van der Waals surface area contributed by atoms with E-state index >= 15 is 0 Å². The van der Waals surface area contributed by atoms with Gasteiger partial charge < -0.3 is 10.6 Å². The van der Waals surface area contributed by atoms with Crippen LogP contribution in [0.1, 0.15) is 32.1 Å². The molecule has 3 heteroatoms. The van der Waals surface area contributed by atoms with Gasteiger partial charge in [0.15, 0.2) is 0 Å². The van der Waals surface area contributed by atoms with Crippen LogP contribution in [0.25, 0.3) is 0 Å². The first-order valence-corrected chi connectivity index (χ1v) is 5.50. The molecule has 0 aromatic rings. The van der Waals surface area contributed by atoms with Crippen molar-refractivity contribution in [2.75, 3.05) is 20.6 Å². The summed E-state index contributed by atoms with van der Waals surface area (Å²) in [5, 5.41) is 0. The summed E-state index contributed by atoms with van der Waals surface area (Å²) in [5.74, 6) is 0.970. The van der Waals surface area contributed by atoms with Gasteiger partial charge in [-0.2, -0.15) is 0 Å². The average Bonchev–Trinajstić information content (AvgIpc) is 2.07. The molecule has 82 valence electrons. The van der Waals surface area contributed by atoms with Gasteiger partial charge in [0, 0.05) is 12.5 Å². The van der Waals surface area contributed by atoms with Gasteiger partial charge in [-0.1, -0.05) is 0 Å². The summed E-state index contributed by atoms with van der Waals surface area (Å²) in [6.45, 7) is 0.586. The predicted molar refractivity (Wildman–Crippen MR) is 58.1 cm³/mol. The SMILES string of the molecule is CN(C)CC(=O)CC1CCC(N)CC1. The smallest absolute Gasteiger partial charge is 0.147 e. The highest BCUT2D eigenvalue weighted by molar-refractivity contribution is 5.80. The molecular weight excluding hydrogens is 176 g/mol. The molecule has 3 nitrogen and oxygen atoms in total. The highest BCUT2D eigenvalue weighted by Gasteiger charge is 2.20. The van der Waals surface area contributed by atoms with Crippen LogP contribution in [-0.4, -0.2) is 37.4 Å². The van der Waals surface area contributed by atoms with E-state index in [0.717, 1.165) is 32.1 Å². The van der Waals surface area contributed by atoms with Crippen LogP contribution in [0.15, 0.2) is 0 Å². The van der Waals surface area contributed by atoms with Gasteiger partial charge in [-0.3, -0.25) is 4.79 Å². The minimum absolute atomic E-state index is 0.371. The summed E-state index contributed by atoms with van der Waals surface area (Å²) in [5.41, 5.74) is 5.82. The molecule has 0 aromatic heterocycles. The molecule has 0 spiro atoms. The molecule has 1 aliphatic rings. The molecule has 2 N–H and O–H groups in total. The number of Topliss-reactive ketones (excluding diaryl/α,β-unsaturated/α-hetero) is 1. The zero-order chi connectivity index (χ0) is 10.6. The number of hydrogen-bond acceptors (Lipinski definition) is 3. The Morgan fingerprint density at radius 2 is 1.86 bits per heavy atom. The van der Waals surface area contributed by atoms with Crippen LogP contribution in [0.2, 0.25) is 0 Å². The Balaban J connectivity index is 2.20. The van der Waals surface area contributed by atoms with Gasteiger partial charge in [-0.15, -0.1) is 0 Å². The summed E-state index contributed by atoms with van der Waals surface area (Å²) >= 11 is 0. The highest BCUT2D eigenvalue weighted by atomic mass is 16.1. The van der Waals surface area contributed by atoms with Crippen molar-refractivity contribution >= 4 is 5.78 Å². The Kier molecular flexibility index (Phi) is 4.55. The molecule has 0 heterocycles. The van der Waals surface area contributed by atoms with Gasteiger partial charge in [-0.25, -0.2) is 0 Å². The molecule has 0 atom stereocenters. The van der Waals surface area contributed by atoms with E-state index < -0.39 is 0 Å². The van der Waals surface area contributed by atoms with Crippen LogP contribution >= 0.6 is 0 Å². The quantitative estimate of drug-likeness (QED) is 0.733. The fraction of sp³-hybridized carbons (Fsp3) is 0.909. The van der Waals surface area contributed by atoms with Gasteiger partial charge in [0.25, 0.3) is 0 Å². The zero-order valence-corrected chi connectivity index (χ0v) is 9.33. The number of likely N-dealkylation sites (N-methyl/N-ethyl adjacent to an activating group) is 1. The molecule has 1 aliphatic carbocycles. The number of carbonyl (C=O) groups is 1. The third-order valence-corrected chi connectivity index (χ3v) is 2.90. The first-order valence-electron chi connectivity index (χ1n) is 5.50. The van der Waals surface area contributed by atoms with Crippen LogP contribution in [0, 0.1) is 5.92 Å². The second kappa shape index (κ2) is 5.47. The van der Waals surface area contributed by atoms with E-state index in [1.54, 1.807) is 0 Å². The topological polar surface area (TPSA) is 46.3 Å². The third kappa shape index (κ3) is 4.20. The minimum atomic E-state index is 0.371. The molecule has 0 radical (unpaired) electrons. The number of rotatable bonds is 4. The molecule has 14 heavy (non-hydrogen) atoms. The first-order chi connectivity index (χ1) is 6.58. The molecule has 0 aromatic carbocycles. The van der Waals surface area contributed by atoms with E-state index in [0.29, 0.717) is 24.3 Å². The maximum Gasteiger partial charge on any atom is 0.147 e. The van der Waals surface area contributed by atoms with E-state index in [1.807, 2.05) is 19.0 Å². The maximum atomic E-state index is 11.5. The van der Waals surface area contributed by atoms with Gasteiger partial charge in [0.05, 0.1) is 6.54 Å². The Morgan fingerprint density at radius 1 is 1.29 bits per heavy atom. The lowest BCUT2D eigenvalue weighted by molar-refractivity contribution is -0.120. The Bertz CT molecular complexity index is 184. The molecule has 0 saturated heterocycles. The van der Waals surface area contributed by atoms with Gasteiger partial charge >= 0.3 is 0 Å². The molecule has 1 fully saturated rings. The fourth-order valence-electron chi connectivity index (χ4n) is 2.13. The van der Waals surface area contributed by atoms with E-state index in [1.165, 1.54) is 0 Å². The number of ketones is 1. The largest absolute Gasteiger partial charge is 0.328 e. The van der Waals surface area contributed by atoms with Crippen molar-refractivity contribution in [3.63, 3.8) is 0 Å². The van der Waals surface area contributed by atoms with Crippen molar-refractivity contribution < 1.29 is 4.79 Å². The summed E-state index contributed by atoms with van der Waals surface area (Å²) in [7, 11) is 3.88. The van der Waals surface area contributed by atoms with Crippen molar-refractivity contribution in [2.45, 2.75) is 38.1 Å². The molecule has 0 unspecified atom stereocenters. The third-order valence-electron chi connectivity index (χ3n) is 2.90. The molecule has 1 saturated carbocycles. The van der Waals surface area contributed by atoms with Crippen LogP contribution in [0.5, 0.6) is 0 Å². The van der Waals surface area contributed by atoms with Crippen molar-refractivity contribution in [3.05, 3.63) is 0 Å². The lowest BCUT2D eigenvalue weighted by atomic mass is 9.83. The number of nitrogens with zero attached hydrogens (tertiary/aromatic N) is 1. The Labute approximate surface area is 86.6 Å². The minimum Gasteiger partial charge on any atom is -0.328 e. The zero-order valence-electron chi connectivity index (χ0n) is 9.33. The average molecular weight is 198 g/mol. The summed E-state index contributed by atoms with van der Waals surface area (Å²) in [6, 6.07) is 0.384. The molecule has 1 rings (SSSR count). The number of hydrogen-bond donors (Lipinski definition) is 1. The Hall–Kier alpha value is -0.410. The second-order valence-corrected chi connectivity index (χ2v) is 4.76. The monoisotopic (exact) mass is 198 g/mol. The summed E-state index contributed by atoms with van der Waals surface area (Å²) < 4.78 is 0. The van der Waals surface area contributed by atoms with E-state index in [9.17, 15) is 4.79 Å². The molecule has 0 aliphatic heterocycles. The first kappa shape index (κ1) is 11.7. The van der Waals surface area contributed by atoms with Crippen molar-refractivity contribution in [1.29, 1.82) is 0 Å². The van der Waals surface area contributed by atoms with Crippen molar-refractivity contribution in [2.24, 2.45) is 11.7 Å². The summed E-state index contributed by atoms with van der Waals surface area (Å²) in [4.78, 5) is 13.5. The predicted octanol–water partition coefficient (Wildman–Crippen LogP) is 1.02. The van der Waals surface area contributed by atoms with Crippen LogP contribution in [-0.2, 0) is 4.79 Å². The van der Waals surface area contributed by atoms with Gasteiger partial charge in [0.2, 0.25) is 0 Å². The number of carbonyl (C=O) groups excluding carboxylic acids is 1. The van der Waals surface area contributed by atoms with Crippen LogP contribution in [0.3, 0.4) is 0 Å². The second-order valence-electron chi connectivity index (χ2n) is 4.76. The van der Waals surface area contributed by atoms with E-state index in [-0.39, 0.29) is 0 Å². The van der Waals surface area contributed by atoms with Gasteiger partial charge in [-0.05, 0) is 45.7 Å². The summed E-state index contributed by atoms with van der Waals surface area (Å²) in [6.07, 6.45) is 5.23. The molecular formula is C11H22N2O. The normalized spacial score (nSPS) is 28.0. The van der Waals surface area contributed by atoms with Gasteiger partial charge in [0.1, 0.15) is 5.78 Å². The molecule has 0 bridgehead atoms. The van der Waals surface area contributed by atoms with Crippen molar-refractivity contribution in [3.8, 4) is 0 Å². The highest BCUT2D eigenvalue weighted by Crippen LogP contribution is 2.25. The van der Waals surface area contributed by atoms with E-state index in [2.05, 4.69) is 0 Å². The van der Waals surface area contributed by atoms with E-state index in [4.69, 9.17) is 5.73 Å². The lowest BCUT2D eigenvalue weighted by Crippen LogP contribution is -2.29. The van der Waals surface area contributed by atoms with Crippen LogP contribution in [0.4, 0.5) is 0 Å². The molecule has 0 amide bonds. The number of nitrogens with two attached hydrogens (primary N) is 1. The fourth-order valence-corrected chi connectivity index (χ4v) is 2.13. The maximum absolute atomic E-state index is 11.5. The standard InChI is InChI=1S/C11H22N2O/c1-13(2)8-11(14)7-9-3-5-10(12)6-4-9/h9-10H,3-8,12H2,1-2H3. The Morgan fingerprint density at radius 3 is 2.36 bits per heavy atom. The van der Waals surface area contributed by atoms with Crippen molar-refractivity contribution in [1.82, 2.24) is 4.90 Å². The van der Waals surface area contributed by atoms with Crippen LogP contribution < -0.4 is 5.73 Å².